The topological polar surface area (TPSA) is 89.3 Å². The van der Waals surface area contributed by atoms with Gasteiger partial charge in [0, 0.05) is 31.1 Å². The van der Waals surface area contributed by atoms with Crippen LogP contribution in [0.25, 0.3) is 6.08 Å². The number of nitrogens with one attached hydrogen (secondary N) is 1. The van der Waals surface area contributed by atoms with Gasteiger partial charge in [-0.05, 0) is 37.5 Å². The number of nitrogens with zero attached hydrogens (tertiary/aromatic N) is 3. The number of hydrogen-bond donors (Lipinski definition) is 2. The Hall–Kier alpha value is -2.67. The van der Waals surface area contributed by atoms with E-state index < -0.39 is 6.10 Å². The fourth-order valence-corrected chi connectivity index (χ4v) is 2.95. The number of hydrogen-bond acceptors (Lipinski definition) is 5. The van der Waals surface area contributed by atoms with Crippen LogP contribution in [0.2, 0.25) is 0 Å². The molecular weight excluding hydrogens is 320 g/mol. The molecule has 2 heterocycles. The summed E-state index contributed by atoms with van der Waals surface area (Å²) >= 11 is 0. The quantitative estimate of drug-likeness (QED) is 0.800. The summed E-state index contributed by atoms with van der Waals surface area (Å²) in [5.74, 6) is 0.380. The van der Waals surface area contributed by atoms with Crippen molar-refractivity contribution in [3.05, 3.63) is 48.6 Å². The maximum absolute atomic E-state index is 12.1. The van der Waals surface area contributed by atoms with E-state index in [2.05, 4.69) is 15.4 Å². The number of aliphatic hydroxyl groups excluding tert-OH is 1. The van der Waals surface area contributed by atoms with E-state index >= 15 is 0 Å². The van der Waals surface area contributed by atoms with Gasteiger partial charge in [0.05, 0.1) is 18.4 Å². The van der Waals surface area contributed by atoms with E-state index in [1.165, 1.54) is 6.08 Å². The number of aliphatic hydroxyl groups is 1. The zero-order chi connectivity index (χ0) is 17.6. The minimum atomic E-state index is -0.760. The van der Waals surface area contributed by atoms with Crippen molar-refractivity contribution in [3.8, 4) is 5.75 Å². The molecule has 0 spiro atoms. The Kier molecular flexibility index (Phi) is 5.45. The van der Waals surface area contributed by atoms with Crippen LogP contribution in [0.4, 0.5) is 0 Å². The predicted octanol–water partition coefficient (Wildman–Crippen LogP) is 1.31. The summed E-state index contributed by atoms with van der Waals surface area (Å²) in [5, 5.41) is 17.4. The first-order valence-electron chi connectivity index (χ1n) is 8.34. The number of rotatable bonds is 5. The Morgan fingerprint density at radius 3 is 3.04 bits per heavy atom. The van der Waals surface area contributed by atoms with Gasteiger partial charge in [-0.2, -0.15) is 5.10 Å². The van der Waals surface area contributed by atoms with Gasteiger partial charge in [0.25, 0.3) is 0 Å². The number of ether oxygens (including phenoxy) is 1. The van der Waals surface area contributed by atoms with Gasteiger partial charge >= 0.3 is 0 Å². The lowest BCUT2D eigenvalue weighted by Gasteiger charge is -2.35. The first-order valence-corrected chi connectivity index (χ1v) is 8.34. The van der Waals surface area contributed by atoms with Crippen LogP contribution < -0.4 is 10.1 Å². The molecule has 7 heteroatoms. The second-order valence-corrected chi connectivity index (χ2v) is 6.16. The summed E-state index contributed by atoms with van der Waals surface area (Å²) in [4.78, 5) is 16.1. The molecule has 2 N–H and O–H groups in total. The van der Waals surface area contributed by atoms with E-state index in [1.807, 2.05) is 13.2 Å². The average molecular weight is 342 g/mol. The molecule has 0 radical (unpaired) electrons. The number of amides is 1. The Labute approximate surface area is 146 Å². The van der Waals surface area contributed by atoms with Crippen LogP contribution in [-0.4, -0.2) is 44.0 Å². The molecule has 0 bridgehead atoms. The molecule has 0 saturated heterocycles. The largest absolute Gasteiger partial charge is 0.486 e. The van der Waals surface area contributed by atoms with Crippen molar-refractivity contribution < 1.29 is 14.6 Å². The molecule has 1 saturated carbocycles. The number of carbonyl (C=O) groups is 1. The standard InChI is InChI=1S/C18H22N4O3/c1-22-12-13(10-20-22)7-8-17(23)21-15-5-2-6-16(18(15)24)25-14-4-3-9-19-11-14/h3-4,7-12,15-16,18,24H,2,5-6H2,1H3,(H,21,23)/b8-7+/t15-,16-,18-/m1/s1. The number of carbonyl (C=O) groups excluding carboxylic acids is 1. The molecule has 1 aliphatic carbocycles. The maximum Gasteiger partial charge on any atom is 0.244 e. The van der Waals surface area contributed by atoms with Gasteiger partial charge in [0.2, 0.25) is 5.91 Å². The zero-order valence-electron chi connectivity index (χ0n) is 14.1. The number of aryl methyl sites for hydroxylation is 1. The normalized spacial score (nSPS) is 23.5. The third-order valence-corrected chi connectivity index (χ3v) is 4.20. The van der Waals surface area contributed by atoms with E-state index in [1.54, 1.807) is 41.5 Å². The Balaban J connectivity index is 1.56. The first-order chi connectivity index (χ1) is 12.1. The third kappa shape index (κ3) is 4.67. The SMILES string of the molecule is Cn1cc(/C=C/C(=O)N[C@@H]2CCC[C@@H](Oc3cccnc3)[C@@H]2O)cn1. The molecule has 3 atom stereocenters. The molecule has 7 nitrogen and oxygen atoms in total. The predicted molar refractivity (Wildman–Crippen MR) is 92.7 cm³/mol. The second kappa shape index (κ2) is 7.94. The lowest BCUT2D eigenvalue weighted by atomic mass is 9.89. The van der Waals surface area contributed by atoms with Crippen LogP contribution in [0.3, 0.4) is 0 Å². The molecule has 1 amide bonds. The van der Waals surface area contributed by atoms with Crippen LogP contribution in [0, 0.1) is 0 Å². The van der Waals surface area contributed by atoms with Crippen molar-refractivity contribution in [2.75, 3.05) is 0 Å². The molecule has 3 rings (SSSR count). The van der Waals surface area contributed by atoms with Gasteiger partial charge < -0.3 is 15.2 Å². The monoisotopic (exact) mass is 342 g/mol. The van der Waals surface area contributed by atoms with Gasteiger partial charge in [-0.15, -0.1) is 0 Å². The van der Waals surface area contributed by atoms with Crippen LogP contribution >= 0.6 is 0 Å². The molecule has 132 valence electrons. The van der Waals surface area contributed by atoms with E-state index in [4.69, 9.17) is 4.74 Å². The summed E-state index contributed by atoms with van der Waals surface area (Å²) in [6.07, 6.45) is 11.2. The molecule has 1 fully saturated rings. The average Bonchev–Trinajstić information content (AvgIpc) is 3.03. The van der Waals surface area contributed by atoms with E-state index in [-0.39, 0.29) is 18.1 Å². The highest BCUT2D eigenvalue weighted by molar-refractivity contribution is 5.91. The molecule has 0 aromatic carbocycles. The molecule has 2 aromatic heterocycles. The fraction of sp³-hybridized carbons (Fsp3) is 0.389. The second-order valence-electron chi connectivity index (χ2n) is 6.16. The summed E-state index contributed by atoms with van der Waals surface area (Å²) in [6, 6.07) is 3.26. The summed E-state index contributed by atoms with van der Waals surface area (Å²) in [5.41, 5.74) is 0.847. The van der Waals surface area contributed by atoms with Gasteiger partial charge in [0.15, 0.2) is 0 Å². The molecule has 1 aliphatic rings. The molecule has 0 unspecified atom stereocenters. The molecule has 25 heavy (non-hydrogen) atoms. The van der Waals surface area contributed by atoms with E-state index in [0.717, 1.165) is 24.8 Å². The maximum atomic E-state index is 12.1. The summed E-state index contributed by atoms with van der Waals surface area (Å²) < 4.78 is 7.49. The van der Waals surface area contributed by atoms with Crippen LogP contribution in [0.15, 0.2) is 43.0 Å². The lowest BCUT2D eigenvalue weighted by molar-refractivity contribution is -0.119. The summed E-state index contributed by atoms with van der Waals surface area (Å²) in [6.45, 7) is 0. The highest BCUT2D eigenvalue weighted by Gasteiger charge is 2.34. The van der Waals surface area contributed by atoms with Crippen molar-refractivity contribution in [1.82, 2.24) is 20.1 Å². The first kappa shape index (κ1) is 17.2. The number of pyridine rings is 1. The van der Waals surface area contributed by atoms with E-state index in [0.29, 0.717) is 5.75 Å². The zero-order valence-corrected chi connectivity index (χ0v) is 14.1. The van der Waals surface area contributed by atoms with Crippen molar-refractivity contribution in [2.45, 2.75) is 37.5 Å². The minimum Gasteiger partial charge on any atom is -0.486 e. The minimum absolute atomic E-state index is 0.241. The van der Waals surface area contributed by atoms with Gasteiger partial charge in [-0.25, -0.2) is 0 Å². The Morgan fingerprint density at radius 2 is 2.32 bits per heavy atom. The fourth-order valence-electron chi connectivity index (χ4n) is 2.95. The van der Waals surface area contributed by atoms with Gasteiger partial charge in [-0.3, -0.25) is 14.5 Å². The lowest BCUT2D eigenvalue weighted by Crippen LogP contribution is -2.52. The highest BCUT2D eigenvalue weighted by Crippen LogP contribution is 2.24. The van der Waals surface area contributed by atoms with Gasteiger partial charge in [-0.1, -0.05) is 0 Å². The Bertz CT molecular complexity index is 729. The Morgan fingerprint density at radius 1 is 1.44 bits per heavy atom. The van der Waals surface area contributed by atoms with Gasteiger partial charge in [0.1, 0.15) is 18.0 Å². The third-order valence-electron chi connectivity index (χ3n) is 4.20. The number of aromatic nitrogens is 3. The summed E-state index contributed by atoms with van der Waals surface area (Å²) in [7, 11) is 1.82. The van der Waals surface area contributed by atoms with Crippen LogP contribution in [0.5, 0.6) is 5.75 Å². The van der Waals surface area contributed by atoms with Crippen molar-refractivity contribution >= 4 is 12.0 Å². The highest BCUT2D eigenvalue weighted by atomic mass is 16.5. The van der Waals surface area contributed by atoms with Crippen molar-refractivity contribution in [1.29, 1.82) is 0 Å². The molecular formula is C18H22N4O3. The molecule has 0 aliphatic heterocycles. The van der Waals surface area contributed by atoms with Crippen LogP contribution in [0.1, 0.15) is 24.8 Å². The van der Waals surface area contributed by atoms with Crippen molar-refractivity contribution in [2.24, 2.45) is 7.05 Å². The van der Waals surface area contributed by atoms with E-state index in [9.17, 15) is 9.90 Å². The van der Waals surface area contributed by atoms with Crippen LogP contribution in [-0.2, 0) is 11.8 Å². The van der Waals surface area contributed by atoms with Crippen molar-refractivity contribution in [3.63, 3.8) is 0 Å². The smallest absolute Gasteiger partial charge is 0.244 e. The molecule has 2 aromatic rings.